The van der Waals surface area contributed by atoms with Gasteiger partial charge in [-0.1, -0.05) is 17.7 Å². The van der Waals surface area contributed by atoms with E-state index in [2.05, 4.69) is 10.6 Å². The highest BCUT2D eigenvalue weighted by Crippen LogP contribution is 2.18. The van der Waals surface area contributed by atoms with Gasteiger partial charge in [0.25, 0.3) is 5.91 Å². The van der Waals surface area contributed by atoms with Crippen molar-refractivity contribution in [1.82, 2.24) is 10.6 Å². The SMILES string of the molecule is CCNC(=O)C(C)NC(=O)C(C)Oc1cccc(Cl)c1. The minimum absolute atomic E-state index is 0.226. The second-order valence-corrected chi connectivity index (χ2v) is 4.78. The van der Waals surface area contributed by atoms with Crippen LogP contribution >= 0.6 is 11.6 Å². The number of carbonyl (C=O) groups excluding carboxylic acids is 2. The summed E-state index contributed by atoms with van der Waals surface area (Å²) < 4.78 is 5.47. The van der Waals surface area contributed by atoms with Gasteiger partial charge in [0.2, 0.25) is 5.91 Å². The van der Waals surface area contributed by atoms with Crippen molar-refractivity contribution in [3.63, 3.8) is 0 Å². The van der Waals surface area contributed by atoms with Crippen LogP contribution in [0.5, 0.6) is 5.75 Å². The lowest BCUT2D eigenvalue weighted by Gasteiger charge is -2.18. The van der Waals surface area contributed by atoms with Crippen molar-refractivity contribution in [3.05, 3.63) is 29.3 Å². The van der Waals surface area contributed by atoms with E-state index < -0.39 is 12.1 Å². The lowest BCUT2D eigenvalue weighted by molar-refractivity contribution is -0.132. The molecule has 0 aliphatic heterocycles. The molecule has 20 heavy (non-hydrogen) atoms. The Bertz CT molecular complexity index is 479. The molecule has 2 amide bonds. The molecule has 5 nitrogen and oxygen atoms in total. The zero-order valence-corrected chi connectivity index (χ0v) is 12.5. The molecule has 6 heteroatoms. The van der Waals surface area contributed by atoms with E-state index in [1.807, 2.05) is 6.92 Å². The quantitative estimate of drug-likeness (QED) is 0.841. The fraction of sp³-hybridized carbons (Fsp3) is 0.429. The summed E-state index contributed by atoms with van der Waals surface area (Å²) in [6.07, 6.45) is -0.717. The summed E-state index contributed by atoms with van der Waals surface area (Å²) in [5, 5.41) is 5.76. The molecule has 0 aliphatic carbocycles. The number of halogens is 1. The number of ether oxygens (including phenoxy) is 1. The number of amides is 2. The largest absolute Gasteiger partial charge is 0.481 e. The van der Waals surface area contributed by atoms with Crippen LogP contribution in [0.15, 0.2) is 24.3 Å². The van der Waals surface area contributed by atoms with Crippen LogP contribution in [0.1, 0.15) is 20.8 Å². The van der Waals surface area contributed by atoms with Crippen LogP contribution in [-0.4, -0.2) is 30.5 Å². The Balaban J connectivity index is 2.53. The third kappa shape index (κ3) is 5.09. The highest BCUT2D eigenvalue weighted by atomic mass is 35.5. The minimum atomic E-state index is -0.717. The first-order valence-electron chi connectivity index (χ1n) is 6.44. The maximum Gasteiger partial charge on any atom is 0.261 e. The van der Waals surface area contributed by atoms with Gasteiger partial charge < -0.3 is 15.4 Å². The van der Waals surface area contributed by atoms with Gasteiger partial charge in [-0.25, -0.2) is 0 Å². The van der Waals surface area contributed by atoms with Gasteiger partial charge in [0.05, 0.1) is 0 Å². The van der Waals surface area contributed by atoms with E-state index in [-0.39, 0.29) is 11.8 Å². The average Bonchev–Trinajstić information content (AvgIpc) is 2.38. The molecule has 0 saturated carbocycles. The fourth-order valence-electron chi connectivity index (χ4n) is 1.52. The van der Waals surface area contributed by atoms with Crippen LogP contribution in [0.3, 0.4) is 0 Å². The molecule has 0 aliphatic rings. The van der Waals surface area contributed by atoms with Gasteiger partial charge in [0.15, 0.2) is 6.10 Å². The molecule has 0 fully saturated rings. The number of benzene rings is 1. The van der Waals surface area contributed by atoms with E-state index >= 15 is 0 Å². The van der Waals surface area contributed by atoms with Gasteiger partial charge in [-0.15, -0.1) is 0 Å². The molecule has 0 bridgehead atoms. The Morgan fingerprint density at radius 2 is 2.00 bits per heavy atom. The Hall–Kier alpha value is -1.75. The van der Waals surface area contributed by atoms with E-state index in [9.17, 15) is 9.59 Å². The van der Waals surface area contributed by atoms with Crippen molar-refractivity contribution in [2.24, 2.45) is 0 Å². The van der Waals surface area contributed by atoms with Crippen LogP contribution < -0.4 is 15.4 Å². The van der Waals surface area contributed by atoms with Gasteiger partial charge in [0.1, 0.15) is 11.8 Å². The van der Waals surface area contributed by atoms with Crippen LogP contribution in [-0.2, 0) is 9.59 Å². The Morgan fingerprint density at radius 3 is 2.60 bits per heavy atom. The Labute approximate surface area is 123 Å². The van der Waals surface area contributed by atoms with E-state index in [0.717, 1.165) is 0 Å². The first-order chi connectivity index (χ1) is 9.43. The number of carbonyl (C=O) groups is 2. The molecular formula is C14H19ClN2O3. The molecule has 0 heterocycles. The van der Waals surface area contributed by atoms with Crippen molar-refractivity contribution in [1.29, 1.82) is 0 Å². The molecule has 0 aromatic heterocycles. The van der Waals surface area contributed by atoms with Crippen LogP contribution in [0.2, 0.25) is 5.02 Å². The third-order valence-electron chi connectivity index (χ3n) is 2.58. The summed E-state index contributed by atoms with van der Waals surface area (Å²) in [6, 6.07) is 6.19. The molecule has 1 aromatic rings. The second kappa shape index (κ2) is 7.75. The molecule has 1 rings (SSSR count). The predicted molar refractivity (Wildman–Crippen MR) is 77.8 cm³/mol. The highest BCUT2D eigenvalue weighted by Gasteiger charge is 2.20. The van der Waals surface area contributed by atoms with E-state index in [4.69, 9.17) is 16.3 Å². The van der Waals surface area contributed by atoms with Crippen molar-refractivity contribution < 1.29 is 14.3 Å². The number of hydrogen-bond donors (Lipinski definition) is 2. The standard InChI is InChI=1S/C14H19ClN2O3/c1-4-16-13(18)9(2)17-14(19)10(3)20-12-7-5-6-11(15)8-12/h5-10H,4H2,1-3H3,(H,16,18)(H,17,19). The maximum atomic E-state index is 11.9. The number of nitrogens with one attached hydrogen (secondary N) is 2. The summed E-state index contributed by atoms with van der Waals surface area (Å²) in [4.78, 5) is 23.4. The monoisotopic (exact) mass is 298 g/mol. The van der Waals surface area contributed by atoms with Gasteiger partial charge >= 0.3 is 0 Å². The zero-order valence-electron chi connectivity index (χ0n) is 11.8. The molecule has 2 N–H and O–H groups in total. The Morgan fingerprint density at radius 1 is 1.30 bits per heavy atom. The minimum Gasteiger partial charge on any atom is -0.481 e. The molecular weight excluding hydrogens is 280 g/mol. The predicted octanol–water partition coefficient (Wildman–Crippen LogP) is 1.75. The van der Waals surface area contributed by atoms with E-state index in [1.54, 1.807) is 38.1 Å². The lowest BCUT2D eigenvalue weighted by Crippen LogP contribution is -2.48. The summed E-state index contributed by atoms with van der Waals surface area (Å²) in [6.45, 7) is 5.57. The van der Waals surface area contributed by atoms with E-state index in [1.165, 1.54) is 0 Å². The molecule has 0 spiro atoms. The topological polar surface area (TPSA) is 67.4 Å². The van der Waals surface area contributed by atoms with Crippen molar-refractivity contribution >= 4 is 23.4 Å². The Kier molecular flexibility index (Phi) is 6.31. The molecule has 2 atom stereocenters. The highest BCUT2D eigenvalue weighted by molar-refractivity contribution is 6.30. The molecule has 110 valence electrons. The van der Waals surface area contributed by atoms with Gasteiger partial charge in [0, 0.05) is 11.6 Å². The lowest BCUT2D eigenvalue weighted by atomic mass is 10.2. The van der Waals surface area contributed by atoms with Crippen LogP contribution in [0, 0.1) is 0 Å². The normalized spacial score (nSPS) is 13.2. The fourth-order valence-corrected chi connectivity index (χ4v) is 1.70. The smallest absolute Gasteiger partial charge is 0.261 e. The second-order valence-electron chi connectivity index (χ2n) is 4.34. The van der Waals surface area contributed by atoms with Crippen LogP contribution in [0.25, 0.3) is 0 Å². The van der Waals surface area contributed by atoms with Crippen molar-refractivity contribution in [2.75, 3.05) is 6.54 Å². The number of hydrogen-bond acceptors (Lipinski definition) is 3. The maximum absolute atomic E-state index is 11.9. The van der Waals surface area contributed by atoms with E-state index in [0.29, 0.717) is 17.3 Å². The van der Waals surface area contributed by atoms with Gasteiger partial charge in [-0.2, -0.15) is 0 Å². The first-order valence-corrected chi connectivity index (χ1v) is 6.82. The summed E-state index contributed by atoms with van der Waals surface area (Å²) in [5.41, 5.74) is 0. The molecule has 1 aromatic carbocycles. The zero-order chi connectivity index (χ0) is 15.1. The van der Waals surface area contributed by atoms with Crippen molar-refractivity contribution in [3.8, 4) is 5.75 Å². The molecule has 0 saturated heterocycles. The van der Waals surface area contributed by atoms with Gasteiger partial charge in [-0.05, 0) is 39.0 Å². The number of likely N-dealkylation sites (N-methyl/N-ethyl adjacent to an activating group) is 1. The third-order valence-corrected chi connectivity index (χ3v) is 2.82. The summed E-state index contributed by atoms with van der Waals surface area (Å²) >= 11 is 5.84. The van der Waals surface area contributed by atoms with Crippen LogP contribution in [0.4, 0.5) is 0 Å². The summed E-state index contributed by atoms with van der Waals surface area (Å²) in [7, 11) is 0. The average molecular weight is 299 g/mol. The first kappa shape index (κ1) is 16.3. The van der Waals surface area contributed by atoms with Crippen molar-refractivity contribution in [2.45, 2.75) is 32.9 Å². The molecule has 0 radical (unpaired) electrons. The molecule has 2 unspecified atom stereocenters. The number of rotatable bonds is 6. The van der Waals surface area contributed by atoms with Gasteiger partial charge in [-0.3, -0.25) is 9.59 Å². The summed E-state index contributed by atoms with van der Waals surface area (Å²) in [5.74, 6) is -0.0784.